The molecule has 0 aromatic heterocycles. The van der Waals surface area contributed by atoms with Gasteiger partial charge >= 0.3 is 0 Å². The van der Waals surface area contributed by atoms with Gasteiger partial charge in [-0.1, -0.05) is 48.0 Å². The number of carbonyl (C=O) groups excluding carboxylic acids is 2. The average Bonchev–Trinajstić information content (AvgIpc) is 3.32. The van der Waals surface area contributed by atoms with Crippen molar-refractivity contribution in [1.29, 1.82) is 0 Å². The van der Waals surface area contributed by atoms with E-state index in [4.69, 9.17) is 21.2 Å². The number of hydrogen-bond donors (Lipinski definition) is 0. The van der Waals surface area contributed by atoms with Gasteiger partial charge in [0.25, 0.3) is 5.91 Å². The van der Waals surface area contributed by atoms with Gasteiger partial charge in [-0.2, -0.15) is 0 Å². The van der Waals surface area contributed by atoms with Crippen molar-refractivity contribution in [1.82, 2.24) is 0 Å². The molecule has 0 aliphatic carbocycles. The Morgan fingerprint density at radius 3 is 2.28 bits per heavy atom. The van der Waals surface area contributed by atoms with Gasteiger partial charge in [-0.05, 0) is 49.4 Å². The molecule has 0 unspecified atom stereocenters. The predicted molar refractivity (Wildman–Crippen MR) is 122 cm³/mol. The van der Waals surface area contributed by atoms with Crippen molar-refractivity contribution >= 4 is 34.8 Å². The number of nitrogens with zero attached hydrogens (tertiary/aromatic N) is 2. The Labute approximate surface area is 190 Å². The Bertz CT molecular complexity index is 1150. The summed E-state index contributed by atoms with van der Waals surface area (Å²) in [6.45, 7) is 2.39. The molecule has 2 saturated heterocycles. The van der Waals surface area contributed by atoms with E-state index in [1.165, 1.54) is 4.90 Å². The second-order valence-corrected chi connectivity index (χ2v) is 8.05. The number of para-hydroxylation sites is 2. The first-order valence-corrected chi connectivity index (χ1v) is 10.8. The van der Waals surface area contributed by atoms with Crippen LogP contribution < -0.4 is 14.7 Å². The molecule has 7 heteroatoms. The molecule has 2 heterocycles. The molecule has 3 aromatic carbocycles. The fraction of sp³-hybridized carbons (Fsp3) is 0.200. The minimum Gasteiger partial charge on any atom is -0.494 e. The van der Waals surface area contributed by atoms with Crippen molar-refractivity contribution in [2.24, 2.45) is 5.92 Å². The van der Waals surface area contributed by atoms with E-state index in [1.807, 2.05) is 61.5 Å². The molecule has 162 valence electrons. The molecule has 5 rings (SSSR count). The van der Waals surface area contributed by atoms with Gasteiger partial charge in [-0.25, -0.2) is 9.96 Å². The third kappa shape index (κ3) is 3.32. The molecule has 2 aliphatic heterocycles. The summed E-state index contributed by atoms with van der Waals surface area (Å²) in [5.41, 5.74) is 2.03. The standard InChI is InChI=1S/C25H21ClN2O4/c1-2-31-20-11-7-6-10-19(20)22-21-23(32-28(22)18-8-4-3-5-9-18)25(30)27(24(21)29)17-14-12-16(26)13-15-17/h3-15,21-23H,2H2,1H3/t21-,22-,23-/m0/s1. The fourth-order valence-electron chi connectivity index (χ4n) is 4.39. The first kappa shape index (κ1) is 20.5. The minimum absolute atomic E-state index is 0.308. The van der Waals surface area contributed by atoms with Crippen molar-refractivity contribution in [3.8, 4) is 5.75 Å². The Morgan fingerprint density at radius 1 is 0.875 bits per heavy atom. The lowest BCUT2D eigenvalue weighted by atomic mass is 9.90. The molecule has 0 radical (unpaired) electrons. The highest BCUT2D eigenvalue weighted by atomic mass is 35.5. The molecule has 2 fully saturated rings. The monoisotopic (exact) mass is 448 g/mol. The maximum absolute atomic E-state index is 13.6. The normalized spacial score (nSPS) is 22.4. The van der Waals surface area contributed by atoms with Gasteiger partial charge in [0.2, 0.25) is 5.91 Å². The Kier molecular flexibility index (Phi) is 5.33. The molecule has 0 N–H and O–H groups in total. The van der Waals surface area contributed by atoms with E-state index >= 15 is 0 Å². The number of fused-ring (bicyclic) bond motifs is 1. The third-order valence-corrected chi connectivity index (χ3v) is 6.00. The van der Waals surface area contributed by atoms with E-state index in [2.05, 4.69) is 0 Å². The zero-order valence-corrected chi connectivity index (χ0v) is 18.1. The number of benzene rings is 3. The summed E-state index contributed by atoms with van der Waals surface area (Å²) in [7, 11) is 0. The van der Waals surface area contributed by atoms with E-state index < -0.39 is 18.1 Å². The highest BCUT2D eigenvalue weighted by molar-refractivity contribution is 6.31. The molecule has 32 heavy (non-hydrogen) atoms. The summed E-state index contributed by atoms with van der Waals surface area (Å²) in [4.78, 5) is 34.3. The number of rotatable bonds is 5. The first-order valence-electron chi connectivity index (χ1n) is 10.5. The van der Waals surface area contributed by atoms with Crippen molar-refractivity contribution in [2.45, 2.75) is 19.1 Å². The van der Waals surface area contributed by atoms with Crippen LogP contribution in [0.25, 0.3) is 0 Å². The summed E-state index contributed by atoms with van der Waals surface area (Å²) >= 11 is 5.99. The highest BCUT2D eigenvalue weighted by Crippen LogP contribution is 2.49. The van der Waals surface area contributed by atoms with Gasteiger partial charge in [0.1, 0.15) is 11.7 Å². The van der Waals surface area contributed by atoms with Crippen LogP contribution in [0.15, 0.2) is 78.9 Å². The number of imide groups is 1. The second-order valence-electron chi connectivity index (χ2n) is 7.62. The third-order valence-electron chi connectivity index (χ3n) is 5.75. The summed E-state index contributed by atoms with van der Waals surface area (Å²) < 4.78 is 5.86. The lowest BCUT2D eigenvalue weighted by Gasteiger charge is -2.29. The lowest BCUT2D eigenvalue weighted by Crippen LogP contribution is -2.37. The first-order chi connectivity index (χ1) is 15.6. The van der Waals surface area contributed by atoms with Crippen molar-refractivity contribution in [3.05, 3.63) is 89.4 Å². The summed E-state index contributed by atoms with van der Waals surface area (Å²) in [6, 6.07) is 23.2. The maximum atomic E-state index is 13.6. The largest absolute Gasteiger partial charge is 0.494 e. The van der Waals surface area contributed by atoms with E-state index in [0.29, 0.717) is 23.1 Å². The van der Waals surface area contributed by atoms with Gasteiger partial charge in [-0.15, -0.1) is 0 Å². The minimum atomic E-state index is -0.932. The number of anilines is 2. The molecule has 0 saturated carbocycles. The maximum Gasteiger partial charge on any atom is 0.266 e. The molecule has 2 aliphatic rings. The van der Waals surface area contributed by atoms with Crippen LogP contribution in [0.3, 0.4) is 0 Å². The fourth-order valence-corrected chi connectivity index (χ4v) is 4.51. The van der Waals surface area contributed by atoms with Gasteiger partial charge in [0.05, 0.1) is 24.0 Å². The van der Waals surface area contributed by atoms with Crippen LogP contribution in [-0.4, -0.2) is 24.5 Å². The zero-order valence-electron chi connectivity index (χ0n) is 17.4. The van der Waals surface area contributed by atoms with E-state index in [1.54, 1.807) is 29.3 Å². The predicted octanol–water partition coefficient (Wildman–Crippen LogP) is 4.79. The quantitative estimate of drug-likeness (QED) is 0.525. The van der Waals surface area contributed by atoms with Crippen LogP contribution in [-0.2, 0) is 14.4 Å². The second kappa shape index (κ2) is 8.30. The highest BCUT2D eigenvalue weighted by Gasteiger charge is 2.60. The van der Waals surface area contributed by atoms with E-state index in [-0.39, 0.29) is 11.8 Å². The number of carbonyl (C=O) groups is 2. The van der Waals surface area contributed by atoms with Crippen molar-refractivity contribution < 1.29 is 19.2 Å². The van der Waals surface area contributed by atoms with Crippen LogP contribution in [0.4, 0.5) is 11.4 Å². The molecule has 2 amide bonds. The number of halogens is 1. The number of hydrogen-bond acceptors (Lipinski definition) is 5. The van der Waals surface area contributed by atoms with Crippen LogP contribution in [0.5, 0.6) is 5.75 Å². The van der Waals surface area contributed by atoms with Crippen LogP contribution in [0, 0.1) is 5.92 Å². The SMILES string of the molecule is CCOc1ccccc1[C@H]1[C@@H]2C(=O)N(c3ccc(Cl)cc3)C(=O)[C@H]2ON1c1ccccc1. The smallest absolute Gasteiger partial charge is 0.266 e. The Balaban J connectivity index is 1.61. The van der Waals surface area contributed by atoms with Crippen LogP contribution >= 0.6 is 11.6 Å². The van der Waals surface area contributed by atoms with E-state index in [0.717, 1.165) is 11.3 Å². The number of ether oxygens (including phenoxy) is 1. The van der Waals surface area contributed by atoms with E-state index in [9.17, 15) is 9.59 Å². The summed E-state index contributed by atoms with van der Waals surface area (Å²) in [6.07, 6.45) is -0.932. The summed E-state index contributed by atoms with van der Waals surface area (Å²) in [5.74, 6) is -0.757. The van der Waals surface area contributed by atoms with Crippen LogP contribution in [0.1, 0.15) is 18.5 Å². The van der Waals surface area contributed by atoms with Gasteiger partial charge in [0.15, 0.2) is 6.10 Å². The molecule has 3 aromatic rings. The molecule has 0 spiro atoms. The van der Waals surface area contributed by atoms with Gasteiger partial charge in [0, 0.05) is 10.6 Å². The molecular formula is C25H21ClN2O4. The lowest BCUT2D eigenvalue weighted by molar-refractivity contribution is -0.126. The summed E-state index contributed by atoms with van der Waals surface area (Å²) in [5, 5.41) is 2.20. The molecule has 0 bridgehead atoms. The van der Waals surface area contributed by atoms with Gasteiger partial charge < -0.3 is 4.74 Å². The van der Waals surface area contributed by atoms with Crippen molar-refractivity contribution in [2.75, 3.05) is 16.6 Å². The topological polar surface area (TPSA) is 59.1 Å². The number of amides is 2. The number of hydroxylamine groups is 1. The average molecular weight is 449 g/mol. The van der Waals surface area contributed by atoms with Gasteiger partial charge in [-0.3, -0.25) is 14.4 Å². The molecular weight excluding hydrogens is 428 g/mol. The Morgan fingerprint density at radius 2 is 1.56 bits per heavy atom. The zero-order chi connectivity index (χ0) is 22.2. The molecule has 3 atom stereocenters. The Hall–Kier alpha value is -3.35. The van der Waals surface area contributed by atoms with Crippen molar-refractivity contribution in [3.63, 3.8) is 0 Å². The molecule has 6 nitrogen and oxygen atoms in total. The van der Waals surface area contributed by atoms with Crippen LogP contribution in [0.2, 0.25) is 5.02 Å².